The molecule has 0 fully saturated rings. The molecule has 62 valence electrons. The number of aryl methyl sites for hydroxylation is 1. The average molecular weight is 154 g/mol. The molecule has 1 aromatic heterocycles. The van der Waals surface area contributed by atoms with E-state index < -0.39 is 0 Å². The van der Waals surface area contributed by atoms with E-state index in [1.165, 1.54) is 0 Å². The Labute approximate surface area is 66.7 Å². The smallest absolute Gasteiger partial charge is 0.0949 e. The van der Waals surface area contributed by atoms with Crippen LogP contribution in [0.3, 0.4) is 0 Å². The molecule has 1 N–H and O–H groups in total. The normalized spacial score (nSPS) is 10.4. The van der Waals surface area contributed by atoms with Crippen molar-refractivity contribution in [2.75, 3.05) is 6.61 Å². The summed E-state index contributed by atoms with van der Waals surface area (Å²) in [5.41, 5.74) is 0.973. The maximum absolute atomic E-state index is 8.61. The predicted molar refractivity (Wildman–Crippen MR) is 43.3 cm³/mol. The molecule has 0 unspecified atom stereocenters. The van der Waals surface area contributed by atoms with Gasteiger partial charge in [-0.05, 0) is 6.42 Å². The Hall–Kier alpha value is -0.830. The van der Waals surface area contributed by atoms with Crippen LogP contribution in [0.25, 0.3) is 0 Å². The lowest BCUT2D eigenvalue weighted by molar-refractivity contribution is 0.298. The first kappa shape index (κ1) is 8.27. The highest BCUT2D eigenvalue weighted by atomic mass is 16.3. The highest BCUT2D eigenvalue weighted by Gasteiger charge is 1.95. The van der Waals surface area contributed by atoms with Crippen LogP contribution in [0, 0.1) is 0 Å². The summed E-state index contributed by atoms with van der Waals surface area (Å²) in [6.07, 6.45) is 5.58. The molecule has 0 spiro atoms. The van der Waals surface area contributed by atoms with Gasteiger partial charge in [-0.1, -0.05) is 6.92 Å². The summed E-state index contributed by atoms with van der Waals surface area (Å²) < 4.78 is 2.05. The van der Waals surface area contributed by atoms with Gasteiger partial charge < -0.3 is 9.67 Å². The lowest BCUT2D eigenvalue weighted by Crippen LogP contribution is -1.92. The monoisotopic (exact) mass is 154 g/mol. The Morgan fingerprint density at radius 2 is 2.45 bits per heavy atom. The van der Waals surface area contributed by atoms with Crippen molar-refractivity contribution in [1.29, 1.82) is 0 Å². The molecule has 3 nitrogen and oxygen atoms in total. The van der Waals surface area contributed by atoms with Crippen molar-refractivity contribution in [3.05, 3.63) is 18.2 Å². The summed E-state index contributed by atoms with van der Waals surface area (Å²) in [5, 5.41) is 8.61. The molecule has 0 amide bonds. The third-order valence-electron chi connectivity index (χ3n) is 1.54. The van der Waals surface area contributed by atoms with E-state index in [9.17, 15) is 0 Å². The highest BCUT2D eigenvalue weighted by Crippen LogP contribution is 1.97. The van der Waals surface area contributed by atoms with Crippen molar-refractivity contribution in [3.8, 4) is 0 Å². The quantitative estimate of drug-likeness (QED) is 0.697. The maximum Gasteiger partial charge on any atom is 0.0949 e. The minimum Gasteiger partial charge on any atom is -0.396 e. The van der Waals surface area contributed by atoms with Crippen molar-refractivity contribution >= 4 is 0 Å². The second-order valence-electron chi connectivity index (χ2n) is 2.58. The van der Waals surface area contributed by atoms with Crippen LogP contribution in [0.1, 0.15) is 19.0 Å². The minimum absolute atomic E-state index is 0.184. The van der Waals surface area contributed by atoms with Gasteiger partial charge in [-0.3, -0.25) is 0 Å². The first-order chi connectivity index (χ1) is 5.36. The van der Waals surface area contributed by atoms with Crippen LogP contribution in [0.5, 0.6) is 0 Å². The first-order valence-electron chi connectivity index (χ1n) is 3.98. The summed E-state index contributed by atoms with van der Waals surface area (Å²) in [6.45, 7) is 3.33. The number of hydrogen-bond acceptors (Lipinski definition) is 2. The summed E-state index contributed by atoms with van der Waals surface area (Å²) in [5.74, 6) is 0. The molecular formula is C8H14N2O. The molecule has 0 saturated carbocycles. The minimum atomic E-state index is 0.184. The number of aliphatic hydroxyl groups excluding tert-OH is 1. The van der Waals surface area contributed by atoms with Gasteiger partial charge in [0.05, 0.1) is 12.0 Å². The van der Waals surface area contributed by atoms with Crippen LogP contribution >= 0.6 is 0 Å². The Morgan fingerprint density at radius 3 is 3.09 bits per heavy atom. The van der Waals surface area contributed by atoms with E-state index in [2.05, 4.69) is 11.9 Å². The highest BCUT2D eigenvalue weighted by molar-refractivity contribution is 4.96. The summed E-state index contributed by atoms with van der Waals surface area (Å²) in [4.78, 5) is 4.13. The van der Waals surface area contributed by atoms with Crippen LogP contribution in [-0.4, -0.2) is 21.3 Å². The Kier molecular flexibility index (Phi) is 3.11. The summed E-state index contributed by atoms with van der Waals surface area (Å²) in [7, 11) is 0. The zero-order chi connectivity index (χ0) is 8.10. The second-order valence-corrected chi connectivity index (χ2v) is 2.58. The van der Waals surface area contributed by atoms with Crippen molar-refractivity contribution in [1.82, 2.24) is 9.55 Å². The van der Waals surface area contributed by atoms with Crippen LogP contribution < -0.4 is 0 Å². The fraction of sp³-hybridized carbons (Fsp3) is 0.625. The summed E-state index contributed by atoms with van der Waals surface area (Å²) >= 11 is 0. The van der Waals surface area contributed by atoms with Crippen molar-refractivity contribution in [2.24, 2.45) is 0 Å². The van der Waals surface area contributed by atoms with Crippen molar-refractivity contribution in [2.45, 2.75) is 26.3 Å². The van der Waals surface area contributed by atoms with Crippen LogP contribution in [-0.2, 0) is 13.0 Å². The third-order valence-corrected chi connectivity index (χ3v) is 1.54. The molecule has 0 bridgehead atoms. The fourth-order valence-corrected chi connectivity index (χ4v) is 1.03. The van der Waals surface area contributed by atoms with Crippen molar-refractivity contribution in [3.63, 3.8) is 0 Å². The standard InChI is InChI=1S/C8H14N2O/c1-2-4-10-6-8(3-5-11)9-7-10/h6-7,11H,2-5H2,1H3. The lowest BCUT2D eigenvalue weighted by atomic mass is 10.3. The van der Waals surface area contributed by atoms with Gasteiger partial charge in [-0.2, -0.15) is 0 Å². The molecule has 11 heavy (non-hydrogen) atoms. The SMILES string of the molecule is CCCn1cnc(CCO)c1. The van der Waals surface area contributed by atoms with Gasteiger partial charge in [0.15, 0.2) is 0 Å². The molecule has 1 heterocycles. The number of aromatic nitrogens is 2. The molecule has 0 aliphatic carbocycles. The van der Waals surface area contributed by atoms with Gasteiger partial charge >= 0.3 is 0 Å². The largest absolute Gasteiger partial charge is 0.396 e. The van der Waals surface area contributed by atoms with E-state index in [4.69, 9.17) is 5.11 Å². The fourth-order valence-electron chi connectivity index (χ4n) is 1.03. The van der Waals surface area contributed by atoms with Gasteiger partial charge in [0.2, 0.25) is 0 Å². The number of aliphatic hydroxyl groups is 1. The van der Waals surface area contributed by atoms with E-state index in [-0.39, 0.29) is 6.61 Å². The van der Waals surface area contributed by atoms with E-state index in [0.717, 1.165) is 18.7 Å². The maximum atomic E-state index is 8.61. The molecular weight excluding hydrogens is 140 g/mol. The van der Waals surface area contributed by atoms with Gasteiger partial charge in [-0.25, -0.2) is 4.98 Å². The lowest BCUT2D eigenvalue weighted by Gasteiger charge is -1.94. The summed E-state index contributed by atoms with van der Waals surface area (Å²) in [6, 6.07) is 0. The second kappa shape index (κ2) is 4.13. The Morgan fingerprint density at radius 1 is 1.64 bits per heavy atom. The number of hydrogen-bond donors (Lipinski definition) is 1. The molecule has 1 aromatic rings. The van der Waals surface area contributed by atoms with Gasteiger partial charge in [0.1, 0.15) is 0 Å². The van der Waals surface area contributed by atoms with Gasteiger partial charge in [0.25, 0.3) is 0 Å². The molecule has 0 aromatic carbocycles. The van der Waals surface area contributed by atoms with Gasteiger partial charge in [0, 0.05) is 25.8 Å². The van der Waals surface area contributed by atoms with E-state index in [1.807, 2.05) is 17.1 Å². The Balaban J connectivity index is 2.51. The number of rotatable bonds is 4. The molecule has 0 atom stereocenters. The van der Waals surface area contributed by atoms with E-state index in [0.29, 0.717) is 6.42 Å². The van der Waals surface area contributed by atoms with Crippen LogP contribution in [0.15, 0.2) is 12.5 Å². The number of nitrogens with zero attached hydrogens (tertiary/aromatic N) is 2. The average Bonchev–Trinajstić information content (AvgIpc) is 2.38. The topological polar surface area (TPSA) is 38.0 Å². The predicted octanol–water partition coefficient (Wildman–Crippen LogP) is 0.828. The Bertz CT molecular complexity index is 187. The molecule has 0 aliphatic heterocycles. The molecule has 0 aliphatic rings. The zero-order valence-corrected chi connectivity index (χ0v) is 6.82. The molecule has 3 heteroatoms. The van der Waals surface area contributed by atoms with E-state index in [1.54, 1.807) is 0 Å². The molecule has 1 rings (SSSR count). The molecule has 0 radical (unpaired) electrons. The zero-order valence-electron chi connectivity index (χ0n) is 6.82. The van der Waals surface area contributed by atoms with E-state index >= 15 is 0 Å². The van der Waals surface area contributed by atoms with Crippen LogP contribution in [0.2, 0.25) is 0 Å². The molecule has 0 saturated heterocycles. The number of imidazole rings is 1. The van der Waals surface area contributed by atoms with Crippen LogP contribution in [0.4, 0.5) is 0 Å². The first-order valence-corrected chi connectivity index (χ1v) is 3.98. The van der Waals surface area contributed by atoms with Gasteiger partial charge in [-0.15, -0.1) is 0 Å². The van der Waals surface area contributed by atoms with Crippen molar-refractivity contribution < 1.29 is 5.11 Å². The third kappa shape index (κ3) is 2.35.